The third-order valence-corrected chi connectivity index (χ3v) is 5.94. The van der Waals surface area contributed by atoms with Crippen LogP contribution in [-0.4, -0.2) is 57.9 Å². The van der Waals surface area contributed by atoms with Crippen molar-refractivity contribution in [2.75, 3.05) is 20.2 Å². The van der Waals surface area contributed by atoms with E-state index in [4.69, 9.17) is 10.5 Å². The van der Waals surface area contributed by atoms with E-state index in [1.165, 1.54) is 4.90 Å². The predicted octanol–water partition coefficient (Wildman–Crippen LogP) is 0.976. The van der Waals surface area contributed by atoms with E-state index in [1.54, 1.807) is 36.0 Å². The van der Waals surface area contributed by atoms with Crippen molar-refractivity contribution in [3.8, 4) is 23.3 Å². The maximum absolute atomic E-state index is 12.0. The number of rotatable bonds is 3. The van der Waals surface area contributed by atoms with Gasteiger partial charge in [0.05, 0.1) is 12.3 Å². The Kier molecular flexibility index (Phi) is 5.00. The summed E-state index contributed by atoms with van der Waals surface area (Å²) in [4.78, 5) is 25.2. The summed E-state index contributed by atoms with van der Waals surface area (Å²) < 4.78 is 7.80. The van der Waals surface area contributed by atoms with Crippen molar-refractivity contribution in [2.45, 2.75) is 37.7 Å². The van der Waals surface area contributed by atoms with Crippen LogP contribution < -0.4 is 10.5 Å². The lowest BCUT2D eigenvalue weighted by molar-refractivity contribution is -0.135. The second-order valence-corrected chi connectivity index (χ2v) is 7.82. The van der Waals surface area contributed by atoms with E-state index in [1.807, 2.05) is 6.92 Å². The first-order chi connectivity index (χ1) is 14.3. The van der Waals surface area contributed by atoms with Gasteiger partial charge in [-0.2, -0.15) is 5.10 Å². The van der Waals surface area contributed by atoms with Gasteiger partial charge in [-0.25, -0.2) is 4.68 Å². The summed E-state index contributed by atoms with van der Waals surface area (Å²) >= 11 is 0. The van der Waals surface area contributed by atoms with Crippen LogP contribution in [-0.2, 0) is 10.2 Å². The third-order valence-electron chi connectivity index (χ3n) is 5.94. The highest BCUT2D eigenvalue weighted by Crippen LogP contribution is 2.47. The Balaban J connectivity index is 1.73. The summed E-state index contributed by atoms with van der Waals surface area (Å²) in [5, 5.41) is 14.5. The summed E-state index contributed by atoms with van der Waals surface area (Å²) in [6.07, 6.45) is 1.60. The zero-order valence-electron chi connectivity index (χ0n) is 17.0. The van der Waals surface area contributed by atoms with Crippen molar-refractivity contribution in [1.82, 2.24) is 14.7 Å². The molecule has 1 unspecified atom stereocenters. The Hall–Kier alpha value is -3.31. The number of likely N-dealkylation sites (N-methyl/N-ethyl adjacent to an activating group) is 1. The normalized spacial score (nSPS) is 16.6. The van der Waals surface area contributed by atoms with Crippen LogP contribution in [0, 0.1) is 11.8 Å². The number of hydrogen-bond donors (Lipinski definition) is 2. The quantitative estimate of drug-likeness (QED) is 0.736. The maximum atomic E-state index is 12.0. The number of ether oxygens (including phenoxy) is 1. The molecule has 2 amide bonds. The van der Waals surface area contributed by atoms with Crippen LogP contribution in [0.4, 0.5) is 0 Å². The topological polar surface area (TPSA) is 111 Å². The van der Waals surface area contributed by atoms with Crippen LogP contribution in [0.1, 0.15) is 47.9 Å². The van der Waals surface area contributed by atoms with E-state index in [-0.39, 0.29) is 11.1 Å². The maximum Gasteiger partial charge on any atom is 0.269 e. The largest absolute Gasteiger partial charge is 0.490 e. The number of hydrogen-bond acceptors (Lipinski definition) is 5. The van der Waals surface area contributed by atoms with Crippen molar-refractivity contribution in [2.24, 2.45) is 5.73 Å². The Morgan fingerprint density at radius 3 is 2.80 bits per heavy atom. The summed E-state index contributed by atoms with van der Waals surface area (Å²) in [5.74, 6) is 5.04. The summed E-state index contributed by atoms with van der Waals surface area (Å²) in [5.41, 5.74) is 7.66. The molecule has 1 atom stereocenters. The third kappa shape index (κ3) is 3.31. The molecular formula is C22H24N4O4. The van der Waals surface area contributed by atoms with Crippen LogP contribution in [0.15, 0.2) is 24.3 Å². The Labute approximate surface area is 174 Å². The molecule has 2 aliphatic rings. The number of aromatic nitrogens is 2. The minimum Gasteiger partial charge on any atom is -0.490 e. The monoisotopic (exact) mass is 408 g/mol. The first-order valence-corrected chi connectivity index (χ1v) is 9.97. The SMILES string of the molecule is CCN(C)C(=O)C(O)C#Cc1ccc2c(c1)-n1nc(C(N)=O)cc1C1(CCC1)CO2. The van der Waals surface area contributed by atoms with Crippen molar-refractivity contribution >= 4 is 11.8 Å². The van der Waals surface area contributed by atoms with E-state index < -0.39 is 17.9 Å². The van der Waals surface area contributed by atoms with E-state index >= 15 is 0 Å². The number of nitrogens with two attached hydrogens (primary N) is 1. The molecule has 30 heavy (non-hydrogen) atoms. The number of nitrogens with zero attached hydrogens (tertiary/aromatic N) is 3. The van der Waals surface area contributed by atoms with Gasteiger partial charge in [0.25, 0.3) is 11.8 Å². The van der Waals surface area contributed by atoms with Gasteiger partial charge in [-0.15, -0.1) is 0 Å². The molecule has 1 aliphatic heterocycles. The van der Waals surface area contributed by atoms with Gasteiger partial charge in [0.15, 0.2) is 11.8 Å². The minimum atomic E-state index is -1.40. The number of aliphatic hydroxyl groups is 1. The predicted molar refractivity (Wildman–Crippen MR) is 109 cm³/mol. The van der Waals surface area contributed by atoms with Gasteiger partial charge in [-0.05, 0) is 44.0 Å². The molecule has 1 aliphatic carbocycles. The Morgan fingerprint density at radius 1 is 1.40 bits per heavy atom. The lowest BCUT2D eigenvalue weighted by Crippen LogP contribution is -2.40. The van der Waals surface area contributed by atoms with E-state index in [0.717, 1.165) is 25.0 Å². The van der Waals surface area contributed by atoms with Crippen LogP contribution in [0.5, 0.6) is 5.75 Å². The molecule has 156 valence electrons. The number of aliphatic hydroxyl groups excluding tert-OH is 1. The van der Waals surface area contributed by atoms with Crippen LogP contribution >= 0.6 is 0 Å². The van der Waals surface area contributed by atoms with Crippen LogP contribution in [0.25, 0.3) is 5.69 Å². The first kappa shape index (κ1) is 20.0. The summed E-state index contributed by atoms with van der Waals surface area (Å²) in [6.45, 7) is 2.81. The van der Waals surface area contributed by atoms with Gasteiger partial charge in [-0.1, -0.05) is 18.3 Å². The fourth-order valence-electron chi connectivity index (χ4n) is 3.82. The molecule has 0 radical (unpaired) electrons. The Bertz CT molecular complexity index is 1070. The first-order valence-electron chi connectivity index (χ1n) is 9.97. The van der Waals surface area contributed by atoms with E-state index in [2.05, 4.69) is 16.9 Å². The number of amides is 2. The number of carbonyl (C=O) groups is 2. The number of benzene rings is 1. The van der Waals surface area contributed by atoms with Crippen LogP contribution in [0.2, 0.25) is 0 Å². The highest BCUT2D eigenvalue weighted by Gasteiger charge is 2.45. The molecule has 2 aromatic rings. The molecule has 0 saturated heterocycles. The van der Waals surface area contributed by atoms with Gasteiger partial charge in [0, 0.05) is 24.6 Å². The smallest absolute Gasteiger partial charge is 0.269 e. The van der Waals surface area contributed by atoms with Gasteiger partial charge in [0.1, 0.15) is 11.4 Å². The molecule has 2 heterocycles. The Morgan fingerprint density at radius 2 is 2.17 bits per heavy atom. The zero-order chi connectivity index (χ0) is 21.5. The van der Waals surface area contributed by atoms with Gasteiger partial charge in [0.2, 0.25) is 0 Å². The molecule has 1 fully saturated rings. The lowest BCUT2D eigenvalue weighted by atomic mass is 9.67. The fraction of sp³-hybridized carbons (Fsp3) is 0.409. The van der Waals surface area contributed by atoms with E-state index in [9.17, 15) is 14.7 Å². The average Bonchev–Trinajstić information content (AvgIpc) is 3.11. The molecule has 8 heteroatoms. The van der Waals surface area contributed by atoms with Crippen molar-refractivity contribution in [3.05, 3.63) is 41.2 Å². The van der Waals surface area contributed by atoms with Crippen molar-refractivity contribution < 1.29 is 19.4 Å². The summed E-state index contributed by atoms with van der Waals surface area (Å²) in [6, 6.07) is 7.09. The zero-order valence-corrected chi connectivity index (χ0v) is 17.0. The highest BCUT2D eigenvalue weighted by atomic mass is 16.5. The molecule has 1 saturated carbocycles. The van der Waals surface area contributed by atoms with Gasteiger partial charge >= 0.3 is 0 Å². The summed E-state index contributed by atoms with van der Waals surface area (Å²) in [7, 11) is 1.61. The van der Waals surface area contributed by atoms with Crippen molar-refractivity contribution in [1.29, 1.82) is 0 Å². The van der Waals surface area contributed by atoms with Crippen LogP contribution in [0.3, 0.4) is 0 Å². The number of primary amides is 1. The second kappa shape index (κ2) is 7.50. The highest BCUT2D eigenvalue weighted by molar-refractivity contribution is 5.91. The molecule has 8 nitrogen and oxygen atoms in total. The molecule has 3 N–H and O–H groups in total. The molecule has 1 aromatic heterocycles. The molecule has 1 aromatic carbocycles. The van der Waals surface area contributed by atoms with Gasteiger partial charge in [-0.3, -0.25) is 9.59 Å². The average molecular weight is 408 g/mol. The fourth-order valence-corrected chi connectivity index (χ4v) is 3.82. The standard InChI is InChI=1S/C22H24N4O4/c1-3-25(2)21(29)17(27)7-5-14-6-8-18-16(11-14)26-19(12-15(24-26)20(23)28)22(13-30-18)9-4-10-22/h6,8,11-12,17,27H,3-4,9-10,13H2,1-2H3,(H2,23,28). The van der Waals surface area contributed by atoms with Crippen molar-refractivity contribution in [3.63, 3.8) is 0 Å². The minimum absolute atomic E-state index is 0.182. The molecule has 4 rings (SSSR count). The molecule has 0 bridgehead atoms. The second-order valence-electron chi connectivity index (χ2n) is 7.82. The molecule has 1 spiro atoms. The lowest BCUT2D eigenvalue weighted by Gasteiger charge is -2.40. The number of carbonyl (C=O) groups excluding carboxylic acids is 2. The number of fused-ring (bicyclic) bond motifs is 4. The van der Waals surface area contributed by atoms with E-state index in [0.29, 0.717) is 30.2 Å². The van der Waals surface area contributed by atoms with Gasteiger partial charge < -0.3 is 20.5 Å². The molecular weight excluding hydrogens is 384 g/mol.